The Kier molecular flexibility index (Phi) is 2.97. The molecule has 0 saturated carbocycles. The number of aromatic nitrogens is 4. The lowest BCUT2D eigenvalue weighted by atomic mass is 10.2. The molecule has 0 radical (unpaired) electrons. The summed E-state index contributed by atoms with van der Waals surface area (Å²) in [6, 6.07) is 7.28. The molecule has 0 bridgehead atoms. The van der Waals surface area contributed by atoms with Gasteiger partial charge in [0.15, 0.2) is 0 Å². The summed E-state index contributed by atoms with van der Waals surface area (Å²) in [5.41, 5.74) is 2.32. The second-order valence-corrected chi connectivity index (χ2v) is 4.39. The molecule has 0 unspecified atom stereocenters. The molecule has 2 heterocycles. The Morgan fingerprint density at radius 3 is 2.95 bits per heavy atom. The standard InChI is InChI=1S/C13H9ClN4O/c1-8-11(6-15-7-16-8)13-17-12(18-19-13)9-3-2-4-10(14)5-9/h2-7H,1H3. The molecule has 94 valence electrons. The first-order chi connectivity index (χ1) is 9.24. The Balaban J connectivity index is 2.03. The van der Waals surface area contributed by atoms with Gasteiger partial charge in [-0.2, -0.15) is 4.98 Å². The second kappa shape index (κ2) is 4.78. The topological polar surface area (TPSA) is 64.7 Å². The van der Waals surface area contributed by atoms with Crippen LogP contribution in [0.1, 0.15) is 5.69 Å². The Hall–Kier alpha value is -2.27. The molecule has 0 aliphatic carbocycles. The fourth-order valence-corrected chi connectivity index (χ4v) is 1.87. The summed E-state index contributed by atoms with van der Waals surface area (Å²) in [5.74, 6) is 0.883. The maximum atomic E-state index is 5.94. The molecule has 0 N–H and O–H groups in total. The molecule has 3 rings (SSSR count). The van der Waals surface area contributed by atoms with Gasteiger partial charge in [-0.15, -0.1) is 0 Å². The van der Waals surface area contributed by atoms with Gasteiger partial charge in [-0.1, -0.05) is 28.9 Å². The number of aryl methyl sites for hydroxylation is 1. The third-order valence-corrected chi connectivity index (χ3v) is 2.89. The Labute approximate surface area is 114 Å². The van der Waals surface area contributed by atoms with E-state index in [0.29, 0.717) is 16.7 Å². The summed E-state index contributed by atoms with van der Waals surface area (Å²) in [6.07, 6.45) is 3.13. The van der Waals surface area contributed by atoms with Crippen molar-refractivity contribution in [3.8, 4) is 22.8 Å². The number of hydrogen-bond acceptors (Lipinski definition) is 5. The van der Waals surface area contributed by atoms with Crippen LogP contribution in [0.4, 0.5) is 0 Å². The molecule has 0 aliphatic rings. The van der Waals surface area contributed by atoms with Crippen molar-refractivity contribution in [1.29, 1.82) is 0 Å². The Bertz CT molecular complexity index is 726. The van der Waals surface area contributed by atoms with Crippen molar-refractivity contribution in [2.24, 2.45) is 0 Å². The van der Waals surface area contributed by atoms with Crippen LogP contribution in [0, 0.1) is 6.92 Å². The van der Waals surface area contributed by atoms with E-state index in [1.54, 1.807) is 18.3 Å². The number of benzene rings is 1. The van der Waals surface area contributed by atoms with E-state index in [1.165, 1.54) is 6.33 Å². The largest absolute Gasteiger partial charge is 0.333 e. The lowest BCUT2D eigenvalue weighted by Crippen LogP contribution is -1.89. The van der Waals surface area contributed by atoms with Crippen molar-refractivity contribution in [3.05, 3.63) is 47.5 Å². The van der Waals surface area contributed by atoms with Crippen molar-refractivity contribution >= 4 is 11.6 Å². The number of halogens is 1. The fraction of sp³-hybridized carbons (Fsp3) is 0.0769. The van der Waals surface area contributed by atoms with Crippen LogP contribution in [-0.4, -0.2) is 20.1 Å². The lowest BCUT2D eigenvalue weighted by Gasteiger charge is -1.96. The quantitative estimate of drug-likeness (QED) is 0.717. The molecular formula is C13H9ClN4O. The third kappa shape index (κ3) is 2.32. The first-order valence-corrected chi connectivity index (χ1v) is 5.98. The predicted molar refractivity (Wildman–Crippen MR) is 70.5 cm³/mol. The molecule has 0 amide bonds. The molecule has 5 nitrogen and oxygen atoms in total. The van der Waals surface area contributed by atoms with E-state index < -0.39 is 0 Å². The fourth-order valence-electron chi connectivity index (χ4n) is 1.68. The molecule has 0 aliphatic heterocycles. The first kappa shape index (κ1) is 11.8. The highest BCUT2D eigenvalue weighted by Gasteiger charge is 2.13. The summed E-state index contributed by atoms with van der Waals surface area (Å²) in [6.45, 7) is 1.86. The van der Waals surface area contributed by atoms with Crippen LogP contribution in [0.3, 0.4) is 0 Å². The van der Waals surface area contributed by atoms with Gasteiger partial charge >= 0.3 is 0 Å². The van der Waals surface area contributed by atoms with Crippen LogP contribution in [0.15, 0.2) is 41.3 Å². The number of nitrogens with zero attached hydrogens (tertiary/aromatic N) is 4. The van der Waals surface area contributed by atoms with E-state index in [4.69, 9.17) is 16.1 Å². The van der Waals surface area contributed by atoms with Gasteiger partial charge in [-0.05, 0) is 19.1 Å². The summed E-state index contributed by atoms with van der Waals surface area (Å²) in [4.78, 5) is 12.4. The summed E-state index contributed by atoms with van der Waals surface area (Å²) >= 11 is 5.94. The SMILES string of the molecule is Cc1ncncc1-c1nc(-c2cccc(Cl)c2)no1. The molecule has 1 aromatic carbocycles. The molecule has 0 spiro atoms. The number of rotatable bonds is 2. The number of hydrogen-bond donors (Lipinski definition) is 0. The zero-order valence-corrected chi connectivity index (χ0v) is 10.8. The molecule has 0 fully saturated rings. The summed E-state index contributed by atoms with van der Waals surface area (Å²) < 4.78 is 5.24. The van der Waals surface area contributed by atoms with Gasteiger partial charge in [0.2, 0.25) is 5.82 Å². The summed E-state index contributed by atoms with van der Waals surface area (Å²) in [7, 11) is 0. The molecule has 6 heteroatoms. The van der Waals surface area contributed by atoms with Crippen molar-refractivity contribution < 1.29 is 4.52 Å². The smallest absolute Gasteiger partial charge is 0.261 e. The molecule has 0 saturated heterocycles. The highest BCUT2D eigenvalue weighted by Crippen LogP contribution is 2.24. The van der Waals surface area contributed by atoms with E-state index in [9.17, 15) is 0 Å². The average molecular weight is 273 g/mol. The van der Waals surface area contributed by atoms with Crippen LogP contribution >= 0.6 is 11.6 Å². The van der Waals surface area contributed by atoms with E-state index in [2.05, 4.69) is 20.1 Å². The monoisotopic (exact) mass is 272 g/mol. The highest BCUT2D eigenvalue weighted by atomic mass is 35.5. The van der Waals surface area contributed by atoms with Crippen LogP contribution < -0.4 is 0 Å². The van der Waals surface area contributed by atoms with E-state index in [-0.39, 0.29) is 0 Å². The van der Waals surface area contributed by atoms with E-state index in [1.807, 2.05) is 19.1 Å². The first-order valence-electron chi connectivity index (χ1n) is 5.60. The Morgan fingerprint density at radius 2 is 2.16 bits per heavy atom. The Morgan fingerprint density at radius 1 is 1.26 bits per heavy atom. The van der Waals surface area contributed by atoms with E-state index in [0.717, 1.165) is 16.8 Å². The van der Waals surface area contributed by atoms with Crippen molar-refractivity contribution in [3.63, 3.8) is 0 Å². The predicted octanol–water partition coefficient (Wildman–Crippen LogP) is 3.16. The summed E-state index contributed by atoms with van der Waals surface area (Å²) in [5, 5.41) is 4.57. The van der Waals surface area contributed by atoms with Gasteiger partial charge in [0, 0.05) is 16.8 Å². The normalized spacial score (nSPS) is 10.6. The zero-order chi connectivity index (χ0) is 13.2. The van der Waals surface area contributed by atoms with Gasteiger partial charge in [-0.3, -0.25) is 0 Å². The van der Waals surface area contributed by atoms with Gasteiger partial charge in [0.05, 0.1) is 11.3 Å². The van der Waals surface area contributed by atoms with Crippen LogP contribution in [0.5, 0.6) is 0 Å². The molecule has 0 atom stereocenters. The van der Waals surface area contributed by atoms with Crippen LogP contribution in [0.2, 0.25) is 5.02 Å². The van der Waals surface area contributed by atoms with E-state index >= 15 is 0 Å². The van der Waals surface area contributed by atoms with Gasteiger partial charge < -0.3 is 4.52 Å². The lowest BCUT2D eigenvalue weighted by molar-refractivity contribution is 0.431. The molecule has 2 aromatic heterocycles. The second-order valence-electron chi connectivity index (χ2n) is 3.96. The molecule has 3 aromatic rings. The molecular weight excluding hydrogens is 264 g/mol. The third-order valence-electron chi connectivity index (χ3n) is 2.65. The highest BCUT2D eigenvalue weighted by molar-refractivity contribution is 6.30. The van der Waals surface area contributed by atoms with Gasteiger partial charge in [-0.25, -0.2) is 9.97 Å². The maximum absolute atomic E-state index is 5.94. The zero-order valence-electron chi connectivity index (χ0n) is 10.0. The minimum atomic E-state index is 0.396. The average Bonchev–Trinajstić information content (AvgIpc) is 2.89. The minimum absolute atomic E-state index is 0.396. The maximum Gasteiger partial charge on any atom is 0.261 e. The van der Waals surface area contributed by atoms with Crippen molar-refractivity contribution in [2.75, 3.05) is 0 Å². The minimum Gasteiger partial charge on any atom is -0.333 e. The van der Waals surface area contributed by atoms with Crippen molar-refractivity contribution in [2.45, 2.75) is 6.92 Å². The van der Waals surface area contributed by atoms with Gasteiger partial charge in [0.1, 0.15) is 6.33 Å². The molecule has 19 heavy (non-hydrogen) atoms. The van der Waals surface area contributed by atoms with Crippen LogP contribution in [-0.2, 0) is 0 Å². The van der Waals surface area contributed by atoms with Crippen molar-refractivity contribution in [1.82, 2.24) is 20.1 Å². The van der Waals surface area contributed by atoms with Crippen LogP contribution in [0.25, 0.3) is 22.8 Å². The van der Waals surface area contributed by atoms with Gasteiger partial charge in [0.25, 0.3) is 5.89 Å².